The number of esters is 1. The van der Waals surface area contributed by atoms with E-state index in [1.54, 1.807) is 43.4 Å². The number of nitrogens with zero attached hydrogens (tertiary/aromatic N) is 3. The summed E-state index contributed by atoms with van der Waals surface area (Å²) in [6.07, 6.45) is 0.309. The van der Waals surface area contributed by atoms with Crippen molar-refractivity contribution in [3.63, 3.8) is 0 Å². The number of likely N-dealkylation sites (N-methyl/N-ethyl adjacent to an activating group) is 1. The van der Waals surface area contributed by atoms with Gasteiger partial charge in [-0.1, -0.05) is 26.0 Å². The Kier molecular flexibility index (Phi) is 7.58. The third-order valence-corrected chi connectivity index (χ3v) is 3.44. The van der Waals surface area contributed by atoms with Crippen LogP contribution in [0.15, 0.2) is 46.6 Å². The summed E-state index contributed by atoms with van der Waals surface area (Å²) in [6.45, 7) is 4.04. The average Bonchev–Trinajstić information content (AvgIpc) is 2.61. The van der Waals surface area contributed by atoms with Crippen molar-refractivity contribution in [1.29, 1.82) is 0 Å². The summed E-state index contributed by atoms with van der Waals surface area (Å²) in [5.74, 6) is 0.375. The smallest absolute Gasteiger partial charge is 0.311 e. The van der Waals surface area contributed by atoms with Crippen molar-refractivity contribution in [2.75, 3.05) is 24.6 Å². The molecular weight excluding hydrogens is 360 g/mol. The highest BCUT2D eigenvalue weighted by Gasteiger charge is 2.11. The molecule has 1 amide bonds. The Balaban J connectivity index is 2.13. The van der Waals surface area contributed by atoms with E-state index in [2.05, 4.69) is 25.8 Å². The lowest BCUT2D eigenvalue weighted by Crippen LogP contribution is -2.25. The maximum absolute atomic E-state index is 11.9. The molecule has 28 heavy (non-hydrogen) atoms. The van der Waals surface area contributed by atoms with Crippen LogP contribution in [0.1, 0.15) is 20.3 Å². The number of nitrogens with two attached hydrogens (primary N) is 1. The van der Waals surface area contributed by atoms with Crippen LogP contribution in [0.5, 0.6) is 5.75 Å². The fourth-order valence-corrected chi connectivity index (χ4v) is 2.20. The van der Waals surface area contributed by atoms with E-state index < -0.39 is 0 Å². The van der Waals surface area contributed by atoms with E-state index >= 15 is 0 Å². The minimum Gasteiger partial charge on any atom is -0.424 e. The molecule has 9 nitrogen and oxygen atoms in total. The number of amides is 1. The summed E-state index contributed by atoms with van der Waals surface area (Å²) in [5.41, 5.74) is 6.61. The van der Waals surface area contributed by atoms with E-state index in [1.165, 1.54) is 0 Å². The number of carbonyl (C=O) groups excluding carboxylic acids is 2. The molecule has 0 spiro atoms. The van der Waals surface area contributed by atoms with Gasteiger partial charge < -0.3 is 21.1 Å². The van der Waals surface area contributed by atoms with Gasteiger partial charge in [0.15, 0.2) is 11.6 Å². The largest absolute Gasteiger partial charge is 0.424 e. The number of rotatable bonds is 8. The van der Waals surface area contributed by atoms with Crippen LogP contribution in [0.3, 0.4) is 0 Å². The fraction of sp³-hybridized carbons (Fsp3) is 0.316. The summed E-state index contributed by atoms with van der Waals surface area (Å²) in [6, 6.07) is 10.00. The highest BCUT2D eigenvalue weighted by Crippen LogP contribution is 2.31. The fourth-order valence-electron chi connectivity index (χ4n) is 2.20. The van der Waals surface area contributed by atoms with Gasteiger partial charge in [-0.25, -0.2) is 4.98 Å². The zero-order valence-corrected chi connectivity index (χ0v) is 16.1. The summed E-state index contributed by atoms with van der Waals surface area (Å²) < 4.78 is 5.37. The molecule has 0 saturated carbocycles. The van der Waals surface area contributed by atoms with E-state index in [1.807, 2.05) is 13.8 Å². The molecular formula is C19H24N6O3. The SMILES string of the molecule is CNCC(=O)Nc1ccc(N=Nc2ccccc2OC(=O)CC(C)C)c(N)n1. The maximum atomic E-state index is 11.9. The molecule has 1 aromatic carbocycles. The Hall–Kier alpha value is -3.33. The average molecular weight is 384 g/mol. The number of para-hydroxylation sites is 1. The van der Waals surface area contributed by atoms with Crippen molar-refractivity contribution < 1.29 is 14.3 Å². The molecule has 1 aromatic heterocycles. The van der Waals surface area contributed by atoms with Gasteiger partial charge in [-0.05, 0) is 37.2 Å². The number of carbonyl (C=O) groups is 2. The summed E-state index contributed by atoms with van der Waals surface area (Å²) in [4.78, 5) is 27.6. The molecule has 1 heterocycles. The molecule has 0 fully saturated rings. The molecule has 2 rings (SSSR count). The van der Waals surface area contributed by atoms with Crippen LogP contribution in [-0.2, 0) is 9.59 Å². The maximum Gasteiger partial charge on any atom is 0.311 e. The molecule has 0 saturated heterocycles. The molecule has 0 radical (unpaired) electrons. The number of azo groups is 1. The highest BCUT2D eigenvalue weighted by molar-refractivity contribution is 5.91. The van der Waals surface area contributed by atoms with Gasteiger partial charge in [0, 0.05) is 6.42 Å². The monoisotopic (exact) mass is 384 g/mol. The molecule has 2 aromatic rings. The molecule has 0 aliphatic carbocycles. The predicted molar refractivity (Wildman–Crippen MR) is 107 cm³/mol. The zero-order valence-electron chi connectivity index (χ0n) is 16.1. The predicted octanol–water partition coefficient (Wildman–Crippen LogP) is 3.19. The Morgan fingerprint density at radius 2 is 1.86 bits per heavy atom. The number of ether oxygens (including phenoxy) is 1. The lowest BCUT2D eigenvalue weighted by atomic mass is 10.1. The van der Waals surface area contributed by atoms with Gasteiger partial charge in [0.25, 0.3) is 0 Å². The molecule has 0 bridgehead atoms. The molecule has 0 atom stereocenters. The van der Waals surface area contributed by atoms with Crippen LogP contribution in [0.25, 0.3) is 0 Å². The van der Waals surface area contributed by atoms with Crippen molar-refractivity contribution in [2.24, 2.45) is 16.1 Å². The van der Waals surface area contributed by atoms with Gasteiger partial charge in [0.2, 0.25) is 5.91 Å². The Morgan fingerprint density at radius 1 is 1.14 bits per heavy atom. The lowest BCUT2D eigenvalue weighted by Gasteiger charge is -2.08. The molecule has 4 N–H and O–H groups in total. The first-order chi connectivity index (χ1) is 13.4. The Morgan fingerprint density at radius 3 is 2.54 bits per heavy atom. The second-order valence-corrected chi connectivity index (χ2v) is 6.42. The standard InChI is InChI=1S/C19H24N6O3/c1-12(2)10-18(27)28-15-7-5-4-6-13(15)24-25-14-8-9-16(23-19(14)20)22-17(26)11-21-3/h4-9,12,21H,10-11H2,1-3H3,(H3,20,22,23,26). The van der Waals surface area contributed by atoms with Crippen LogP contribution in [0, 0.1) is 5.92 Å². The van der Waals surface area contributed by atoms with Crippen molar-refractivity contribution >= 4 is 34.9 Å². The van der Waals surface area contributed by atoms with E-state index in [9.17, 15) is 9.59 Å². The minimum atomic E-state index is -0.333. The van der Waals surface area contributed by atoms with Crippen LogP contribution in [-0.4, -0.2) is 30.5 Å². The zero-order chi connectivity index (χ0) is 20.5. The second-order valence-electron chi connectivity index (χ2n) is 6.42. The van der Waals surface area contributed by atoms with Gasteiger partial charge in [-0.2, -0.15) is 0 Å². The molecule has 9 heteroatoms. The first-order valence-electron chi connectivity index (χ1n) is 8.81. The number of aromatic nitrogens is 1. The van der Waals surface area contributed by atoms with Crippen LogP contribution in [0.4, 0.5) is 23.0 Å². The number of anilines is 2. The molecule has 0 unspecified atom stereocenters. The first-order valence-corrected chi connectivity index (χ1v) is 8.81. The normalized spacial score (nSPS) is 11.0. The summed E-state index contributed by atoms with van der Waals surface area (Å²) in [5, 5.41) is 13.6. The van der Waals surface area contributed by atoms with Crippen molar-refractivity contribution in [1.82, 2.24) is 10.3 Å². The highest BCUT2D eigenvalue weighted by atomic mass is 16.5. The number of nitrogen functional groups attached to an aromatic ring is 1. The third kappa shape index (κ3) is 6.44. The second kappa shape index (κ2) is 10.1. The Bertz CT molecular complexity index is 866. The number of pyridine rings is 1. The van der Waals surface area contributed by atoms with Gasteiger partial charge in [0.1, 0.15) is 17.2 Å². The van der Waals surface area contributed by atoms with Crippen molar-refractivity contribution in [2.45, 2.75) is 20.3 Å². The number of benzene rings is 1. The van der Waals surface area contributed by atoms with Crippen LogP contribution >= 0.6 is 0 Å². The van der Waals surface area contributed by atoms with Gasteiger partial charge in [-0.15, -0.1) is 10.2 Å². The van der Waals surface area contributed by atoms with Crippen LogP contribution in [0.2, 0.25) is 0 Å². The summed E-state index contributed by atoms with van der Waals surface area (Å²) >= 11 is 0. The topological polar surface area (TPSA) is 131 Å². The van der Waals surface area contributed by atoms with Gasteiger partial charge in [0.05, 0.1) is 6.54 Å². The third-order valence-electron chi connectivity index (χ3n) is 3.44. The van der Waals surface area contributed by atoms with E-state index in [0.29, 0.717) is 29.4 Å². The van der Waals surface area contributed by atoms with E-state index in [4.69, 9.17) is 10.5 Å². The Labute approximate surface area is 163 Å². The lowest BCUT2D eigenvalue weighted by molar-refractivity contribution is -0.135. The number of hydrogen-bond acceptors (Lipinski definition) is 8. The number of nitrogens with one attached hydrogen (secondary N) is 2. The minimum absolute atomic E-state index is 0.111. The molecule has 0 aliphatic rings. The van der Waals surface area contributed by atoms with E-state index in [0.717, 1.165) is 0 Å². The summed E-state index contributed by atoms with van der Waals surface area (Å²) in [7, 11) is 1.67. The van der Waals surface area contributed by atoms with Crippen molar-refractivity contribution in [3.05, 3.63) is 36.4 Å². The number of hydrogen-bond donors (Lipinski definition) is 3. The van der Waals surface area contributed by atoms with Crippen LogP contribution < -0.4 is 21.1 Å². The molecule has 0 aliphatic heterocycles. The van der Waals surface area contributed by atoms with Gasteiger partial charge in [-0.3, -0.25) is 9.59 Å². The van der Waals surface area contributed by atoms with Gasteiger partial charge >= 0.3 is 5.97 Å². The van der Waals surface area contributed by atoms with Crippen molar-refractivity contribution in [3.8, 4) is 5.75 Å². The molecule has 148 valence electrons. The first kappa shape index (κ1) is 21.0. The van der Waals surface area contributed by atoms with E-state index in [-0.39, 0.29) is 30.2 Å². The quantitative estimate of drug-likeness (QED) is 0.364.